The van der Waals surface area contributed by atoms with Gasteiger partial charge < -0.3 is 9.84 Å². The summed E-state index contributed by atoms with van der Waals surface area (Å²) in [6, 6.07) is 3.92. The van der Waals surface area contributed by atoms with Crippen LogP contribution >= 0.6 is 0 Å². The quantitative estimate of drug-likeness (QED) is 0.910. The molecule has 0 aliphatic carbocycles. The molecule has 1 amide bonds. The van der Waals surface area contributed by atoms with Crippen molar-refractivity contribution < 1.29 is 9.32 Å². The van der Waals surface area contributed by atoms with Crippen LogP contribution in [0.25, 0.3) is 0 Å². The molecule has 0 aromatic carbocycles. The highest BCUT2D eigenvalue weighted by molar-refractivity contribution is 5.93. The second-order valence-corrected chi connectivity index (χ2v) is 6.63. The van der Waals surface area contributed by atoms with Gasteiger partial charge in [0.25, 0.3) is 0 Å². The first kappa shape index (κ1) is 16.7. The van der Waals surface area contributed by atoms with Gasteiger partial charge in [-0.3, -0.25) is 14.4 Å². The third kappa shape index (κ3) is 3.51. The van der Waals surface area contributed by atoms with Crippen LogP contribution in [0.1, 0.15) is 36.9 Å². The normalized spacial score (nSPS) is 19.6. The fourth-order valence-electron chi connectivity index (χ4n) is 3.43. The van der Waals surface area contributed by atoms with Gasteiger partial charge in [-0.05, 0) is 53.1 Å². The molecule has 2 aromatic rings. The van der Waals surface area contributed by atoms with Crippen molar-refractivity contribution in [3.05, 3.63) is 29.3 Å². The molecule has 2 aromatic heterocycles. The van der Waals surface area contributed by atoms with E-state index in [2.05, 4.69) is 33.5 Å². The predicted octanol–water partition coefficient (Wildman–Crippen LogP) is 2.29. The van der Waals surface area contributed by atoms with Crippen LogP contribution in [0.5, 0.6) is 0 Å². The number of aryl methyl sites for hydroxylation is 3. The van der Waals surface area contributed by atoms with Gasteiger partial charge in [0.15, 0.2) is 5.82 Å². The maximum absolute atomic E-state index is 12.5. The first-order valence-electron chi connectivity index (χ1n) is 8.45. The Balaban J connectivity index is 1.65. The summed E-state index contributed by atoms with van der Waals surface area (Å²) < 4.78 is 7.04. The summed E-state index contributed by atoms with van der Waals surface area (Å²) in [5.41, 5.74) is 2.19. The summed E-state index contributed by atoms with van der Waals surface area (Å²) in [6.45, 7) is 9.57. The van der Waals surface area contributed by atoms with E-state index in [0.29, 0.717) is 17.6 Å². The molecule has 24 heavy (non-hydrogen) atoms. The van der Waals surface area contributed by atoms with Crippen LogP contribution in [0.15, 0.2) is 16.7 Å². The molecule has 2 atom stereocenters. The molecule has 0 saturated carbocycles. The number of carbonyl (C=O) groups is 1. The number of aromatic nitrogens is 3. The SMILES string of the molecule is Cc1cc(C)n(C[C@H]2CCCN2[C@H](C)C(=O)Nc2cc(C)on2)n1. The van der Waals surface area contributed by atoms with E-state index in [0.717, 1.165) is 37.3 Å². The van der Waals surface area contributed by atoms with E-state index in [1.807, 2.05) is 18.5 Å². The molecule has 1 aliphatic rings. The van der Waals surface area contributed by atoms with Gasteiger partial charge in [-0.25, -0.2) is 0 Å². The highest BCUT2D eigenvalue weighted by atomic mass is 16.5. The van der Waals surface area contributed by atoms with Gasteiger partial charge in [0, 0.05) is 17.8 Å². The average molecular weight is 331 g/mol. The molecule has 1 fully saturated rings. The molecule has 1 N–H and O–H groups in total. The smallest absolute Gasteiger partial charge is 0.242 e. The van der Waals surface area contributed by atoms with Crippen molar-refractivity contribution in [1.29, 1.82) is 0 Å². The second-order valence-electron chi connectivity index (χ2n) is 6.63. The summed E-state index contributed by atoms with van der Waals surface area (Å²) in [5, 5.41) is 11.2. The standard InChI is InChI=1S/C17H25N5O2/c1-11-8-12(2)22(19-11)10-15-6-5-7-21(15)14(4)17(23)18-16-9-13(3)24-20-16/h8-9,14-15H,5-7,10H2,1-4H3,(H,18,20,23)/t14-,15-/m1/s1. The fourth-order valence-corrected chi connectivity index (χ4v) is 3.43. The summed E-state index contributed by atoms with van der Waals surface area (Å²) in [6.07, 6.45) is 2.18. The first-order valence-corrected chi connectivity index (χ1v) is 8.45. The van der Waals surface area contributed by atoms with E-state index in [-0.39, 0.29) is 11.9 Å². The zero-order valence-corrected chi connectivity index (χ0v) is 14.7. The summed E-state index contributed by atoms with van der Waals surface area (Å²) in [7, 11) is 0. The van der Waals surface area contributed by atoms with E-state index < -0.39 is 0 Å². The molecule has 7 heteroatoms. The van der Waals surface area contributed by atoms with Gasteiger partial charge in [0.1, 0.15) is 5.76 Å². The number of nitrogens with zero attached hydrogens (tertiary/aromatic N) is 4. The topological polar surface area (TPSA) is 76.2 Å². The highest BCUT2D eigenvalue weighted by Gasteiger charge is 2.32. The van der Waals surface area contributed by atoms with Crippen molar-refractivity contribution >= 4 is 11.7 Å². The third-order valence-electron chi connectivity index (χ3n) is 4.67. The molecule has 1 saturated heterocycles. The lowest BCUT2D eigenvalue weighted by Crippen LogP contribution is -2.46. The number of anilines is 1. The van der Waals surface area contributed by atoms with E-state index in [4.69, 9.17) is 4.52 Å². The van der Waals surface area contributed by atoms with Crippen LogP contribution in [-0.2, 0) is 11.3 Å². The Morgan fingerprint density at radius 3 is 2.83 bits per heavy atom. The van der Waals surface area contributed by atoms with Crippen LogP contribution in [0.4, 0.5) is 5.82 Å². The predicted molar refractivity (Wildman–Crippen MR) is 90.8 cm³/mol. The molecule has 0 unspecified atom stereocenters. The van der Waals surface area contributed by atoms with Crippen molar-refractivity contribution in [3.63, 3.8) is 0 Å². The first-order chi connectivity index (χ1) is 11.4. The van der Waals surface area contributed by atoms with Crippen LogP contribution in [-0.4, -0.2) is 44.4 Å². The van der Waals surface area contributed by atoms with Crippen molar-refractivity contribution in [2.45, 2.75) is 59.2 Å². The molecular formula is C17H25N5O2. The van der Waals surface area contributed by atoms with Gasteiger partial charge in [-0.2, -0.15) is 5.10 Å². The Kier molecular flexibility index (Phi) is 4.71. The molecule has 3 heterocycles. The maximum Gasteiger partial charge on any atom is 0.242 e. The van der Waals surface area contributed by atoms with Gasteiger partial charge >= 0.3 is 0 Å². The Bertz CT molecular complexity index is 720. The molecule has 0 spiro atoms. The van der Waals surface area contributed by atoms with E-state index in [9.17, 15) is 4.79 Å². The Labute approximate surface area is 142 Å². The van der Waals surface area contributed by atoms with E-state index in [1.54, 1.807) is 13.0 Å². The van der Waals surface area contributed by atoms with Crippen molar-refractivity contribution in [2.24, 2.45) is 0 Å². The van der Waals surface area contributed by atoms with Crippen molar-refractivity contribution in [2.75, 3.05) is 11.9 Å². The van der Waals surface area contributed by atoms with E-state index in [1.165, 1.54) is 0 Å². The highest BCUT2D eigenvalue weighted by Crippen LogP contribution is 2.23. The molecule has 3 rings (SSSR count). The number of nitrogens with one attached hydrogen (secondary N) is 1. The average Bonchev–Trinajstić information content (AvgIpc) is 3.21. The molecule has 1 aliphatic heterocycles. The van der Waals surface area contributed by atoms with Gasteiger partial charge in [0.2, 0.25) is 5.91 Å². The molecule has 0 radical (unpaired) electrons. The van der Waals surface area contributed by atoms with Crippen LogP contribution in [0.3, 0.4) is 0 Å². The van der Waals surface area contributed by atoms with Crippen LogP contribution in [0.2, 0.25) is 0 Å². The Morgan fingerprint density at radius 1 is 1.42 bits per heavy atom. The minimum atomic E-state index is -0.216. The lowest BCUT2D eigenvalue weighted by atomic mass is 10.2. The zero-order chi connectivity index (χ0) is 17.3. The number of amides is 1. The Morgan fingerprint density at radius 2 is 2.21 bits per heavy atom. The summed E-state index contributed by atoms with van der Waals surface area (Å²) >= 11 is 0. The molecule has 130 valence electrons. The molecular weight excluding hydrogens is 306 g/mol. The summed E-state index contributed by atoms with van der Waals surface area (Å²) in [4.78, 5) is 14.8. The summed E-state index contributed by atoms with van der Waals surface area (Å²) in [5.74, 6) is 1.10. The minimum absolute atomic E-state index is 0.0523. The minimum Gasteiger partial charge on any atom is -0.360 e. The van der Waals surface area contributed by atoms with Gasteiger partial charge in [-0.15, -0.1) is 0 Å². The maximum atomic E-state index is 12.5. The number of likely N-dealkylation sites (tertiary alicyclic amines) is 1. The van der Waals surface area contributed by atoms with Crippen molar-refractivity contribution in [3.8, 4) is 0 Å². The van der Waals surface area contributed by atoms with Crippen LogP contribution < -0.4 is 5.32 Å². The fraction of sp³-hybridized carbons (Fsp3) is 0.588. The van der Waals surface area contributed by atoms with Gasteiger partial charge in [-0.1, -0.05) is 5.16 Å². The zero-order valence-electron chi connectivity index (χ0n) is 14.7. The van der Waals surface area contributed by atoms with Crippen LogP contribution in [0, 0.1) is 20.8 Å². The lowest BCUT2D eigenvalue weighted by molar-refractivity contribution is -0.121. The number of carbonyl (C=O) groups excluding carboxylic acids is 1. The monoisotopic (exact) mass is 331 g/mol. The number of hydrogen-bond donors (Lipinski definition) is 1. The third-order valence-corrected chi connectivity index (χ3v) is 4.67. The van der Waals surface area contributed by atoms with Gasteiger partial charge in [0.05, 0.1) is 18.3 Å². The number of hydrogen-bond acceptors (Lipinski definition) is 5. The number of rotatable bonds is 5. The molecule has 7 nitrogen and oxygen atoms in total. The van der Waals surface area contributed by atoms with E-state index >= 15 is 0 Å². The second kappa shape index (κ2) is 6.76. The lowest BCUT2D eigenvalue weighted by Gasteiger charge is -2.29. The molecule has 0 bridgehead atoms. The van der Waals surface area contributed by atoms with Crippen molar-refractivity contribution in [1.82, 2.24) is 19.8 Å². The largest absolute Gasteiger partial charge is 0.360 e. The Hall–Kier alpha value is -2.15.